The lowest BCUT2D eigenvalue weighted by Crippen LogP contribution is -2.37. The Balaban J connectivity index is 1.98. The summed E-state index contributed by atoms with van der Waals surface area (Å²) in [6, 6.07) is 15.6. The zero-order valence-corrected chi connectivity index (χ0v) is 13.8. The highest BCUT2D eigenvalue weighted by Crippen LogP contribution is 2.34. The van der Waals surface area contributed by atoms with E-state index in [9.17, 15) is 8.42 Å². The summed E-state index contributed by atoms with van der Waals surface area (Å²) in [6.45, 7) is 4.34. The van der Waals surface area contributed by atoms with E-state index in [2.05, 4.69) is 0 Å². The van der Waals surface area contributed by atoms with Crippen LogP contribution in [0.5, 0.6) is 0 Å². The minimum atomic E-state index is -3.41. The van der Waals surface area contributed by atoms with Crippen molar-refractivity contribution in [3.8, 4) is 0 Å². The molecule has 3 nitrogen and oxygen atoms in total. The van der Waals surface area contributed by atoms with E-state index in [1.807, 2.05) is 55.5 Å². The van der Waals surface area contributed by atoms with E-state index in [0.29, 0.717) is 6.54 Å². The van der Waals surface area contributed by atoms with Crippen molar-refractivity contribution in [1.29, 1.82) is 0 Å². The normalized spacial score (nSPS) is 16.2. The van der Waals surface area contributed by atoms with Gasteiger partial charge in [0.2, 0.25) is 10.0 Å². The van der Waals surface area contributed by atoms with Crippen molar-refractivity contribution in [2.24, 2.45) is 0 Å². The van der Waals surface area contributed by atoms with Crippen molar-refractivity contribution in [2.45, 2.75) is 31.9 Å². The van der Waals surface area contributed by atoms with Gasteiger partial charge in [0.1, 0.15) is 5.25 Å². The molecule has 2 aromatic carbocycles. The maximum Gasteiger partial charge on any atom is 0.241 e. The summed E-state index contributed by atoms with van der Waals surface area (Å²) >= 11 is 0. The van der Waals surface area contributed by atoms with E-state index in [1.54, 1.807) is 11.2 Å². The summed E-state index contributed by atoms with van der Waals surface area (Å²) in [5.74, 6) is 0. The predicted octanol–water partition coefficient (Wildman–Crippen LogP) is 3.84. The Bertz CT molecular complexity index is 766. The molecule has 4 heteroatoms. The number of fused-ring (bicyclic) bond motifs is 1. The Morgan fingerprint density at radius 3 is 2.45 bits per heavy atom. The molecule has 0 fully saturated rings. The first-order chi connectivity index (χ1) is 10.5. The summed E-state index contributed by atoms with van der Waals surface area (Å²) < 4.78 is 27.7. The van der Waals surface area contributed by atoms with Crippen molar-refractivity contribution in [2.75, 3.05) is 10.8 Å². The van der Waals surface area contributed by atoms with Gasteiger partial charge in [0, 0.05) is 6.54 Å². The minimum Gasteiger partial charge on any atom is -0.269 e. The highest BCUT2D eigenvalue weighted by Gasteiger charge is 2.32. The summed E-state index contributed by atoms with van der Waals surface area (Å²) in [6.07, 6.45) is 1.82. The number of rotatable bonds is 3. The molecule has 1 aliphatic heterocycles. The maximum atomic E-state index is 13.1. The van der Waals surface area contributed by atoms with Gasteiger partial charge in [0.15, 0.2) is 0 Å². The standard InChI is InChI=1S/C18H21NO2S/c1-14-9-11-16(12-10-14)15(2)22(20,21)19-13-5-7-17-6-3-4-8-18(17)19/h3-4,6,8-12,15H,5,7,13H2,1-2H3. The summed E-state index contributed by atoms with van der Waals surface area (Å²) in [5.41, 5.74) is 3.94. The van der Waals surface area contributed by atoms with Crippen LogP contribution < -0.4 is 4.31 Å². The van der Waals surface area contributed by atoms with Gasteiger partial charge in [-0.15, -0.1) is 0 Å². The van der Waals surface area contributed by atoms with Crippen LogP contribution in [0.2, 0.25) is 0 Å². The van der Waals surface area contributed by atoms with Crippen LogP contribution in [0.25, 0.3) is 0 Å². The van der Waals surface area contributed by atoms with Crippen LogP contribution in [0.15, 0.2) is 48.5 Å². The molecule has 3 rings (SSSR count). The van der Waals surface area contributed by atoms with Crippen LogP contribution in [0.4, 0.5) is 5.69 Å². The fraction of sp³-hybridized carbons (Fsp3) is 0.333. The Kier molecular flexibility index (Phi) is 3.96. The molecule has 22 heavy (non-hydrogen) atoms. The first-order valence-electron chi connectivity index (χ1n) is 7.66. The molecule has 1 atom stereocenters. The second kappa shape index (κ2) is 5.76. The smallest absolute Gasteiger partial charge is 0.241 e. The second-order valence-corrected chi connectivity index (χ2v) is 8.08. The van der Waals surface area contributed by atoms with Gasteiger partial charge in [-0.3, -0.25) is 4.31 Å². The Morgan fingerprint density at radius 1 is 1.05 bits per heavy atom. The molecule has 116 valence electrons. The van der Waals surface area contributed by atoms with E-state index in [1.165, 1.54) is 0 Å². The molecule has 1 aliphatic rings. The number of aryl methyl sites for hydroxylation is 2. The van der Waals surface area contributed by atoms with Crippen molar-refractivity contribution in [3.63, 3.8) is 0 Å². The van der Waals surface area contributed by atoms with Crippen LogP contribution >= 0.6 is 0 Å². The van der Waals surface area contributed by atoms with Gasteiger partial charge in [-0.2, -0.15) is 0 Å². The van der Waals surface area contributed by atoms with E-state index in [-0.39, 0.29) is 0 Å². The number of benzene rings is 2. The average molecular weight is 315 g/mol. The van der Waals surface area contributed by atoms with Crippen molar-refractivity contribution in [1.82, 2.24) is 0 Å². The third-order valence-corrected chi connectivity index (χ3v) is 6.53. The third-order valence-electron chi connectivity index (χ3n) is 4.37. The van der Waals surface area contributed by atoms with Gasteiger partial charge in [0.25, 0.3) is 0 Å². The van der Waals surface area contributed by atoms with Gasteiger partial charge >= 0.3 is 0 Å². The Hall–Kier alpha value is -1.81. The van der Waals surface area contributed by atoms with Gasteiger partial charge in [-0.1, -0.05) is 48.0 Å². The lowest BCUT2D eigenvalue weighted by Gasteiger charge is -2.32. The fourth-order valence-electron chi connectivity index (χ4n) is 2.96. The van der Waals surface area contributed by atoms with E-state index in [0.717, 1.165) is 35.2 Å². The maximum absolute atomic E-state index is 13.1. The number of nitrogens with zero attached hydrogens (tertiary/aromatic N) is 1. The number of anilines is 1. The van der Waals surface area contributed by atoms with Gasteiger partial charge < -0.3 is 0 Å². The van der Waals surface area contributed by atoms with Crippen LogP contribution in [0.1, 0.15) is 35.3 Å². The highest BCUT2D eigenvalue weighted by atomic mass is 32.2. The zero-order chi connectivity index (χ0) is 15.7. The van der Waals surface area contributed by atoms with Crippen molar-refractivity contribution >= 4 is 15.7 Å². The topological polar surface area (TPSA) is 37.4 Å². The van der Waals surface area contributed by atoms with Gasteiger partial charge in [-0.05, 0) is 43.9 Å². The van der Waals surface area contributed by atoms with Gasteiger partial charge in [-0.25, -0.2) is 8.42 Å². The second-order valence-electron chi connectivity index (χ2n) is 5.90. The largest absolute Gasteiger partial charge is 0.269 e. The molecule has 0 saturated heterocycles. The predicted molar refractivity (Wildman–Crippen MR) is 90.6 cm³/mol. The molecule has 1 heterocycles. The van der Waals surface area contributed by atoms with Crippen LogP contribution in [0.3, 0.4) is 0 Å². The van der Waals surface area contributed by atoms with Gasteiger partial charge in [0.05, 0.1) is 5.69 Å². The fourth-order valence-corrected chi connectivity index (χ4v) is 4.68. The van der Waals surface area contributed by atoms with Crippen LogP contribution in [-0.2, 0) is 16.4 Å². The quantitative estimate of drug-likeness (QED) is 0.863. The molecule has 0 radical (unpaired) electrons. The molecular weight excluding hydrogens is 294 g/mol. The van der Waals surface area contributed by atoms with Crippen LogP contribution in [-0.4, -0.2) is 15.0 Å². The first-order valence-corrected chi connectivity index (χ1v) is 9.16. The molecule has 1 unspecified atom stereocenters. The summed E-state index contributed by atoms with van der Waals surface area (Å²) in [7, 11) is -3.41. The summed E-state index contributed by atoms with van der Waals surface area (Å²) in [4.78, 5) is 0. The molecule has 0 amide bonds. The van der Waals surface area contributed by atoms with E-state index < -0.39 is 15.3 Å². The molecular formula is C18H21NO2S. The third kappa shape index (κ3) is 2.63. The molecule has 0 bridgehead atoms. The lowest BCUT2D eigenvalue weighted by atomic mass is 10.0. The molecule has 2 aromatic rings. The lowest BCUT2D eigenvalue weighted by molar-refractivity contribution is 0.576. The Morgan fingerprint density at radius 2 is 1.73 bits per heavy atom. The Labute approximate surface area is 132 Å². The molecule has 0 N–H and O–H groups in total. The van der Waals surface area contributed by atoms with E-state index >= 15 is 0 Å². The first kappa shape index (κ1) is 15.1. The minimum absolute atomic E-state index is 0.542. The monoisotopic (exact) mass is 315 g/mol. The van der Waals surface area contributed by atoms with Crippen molar-refractivity contribution < 1.29 is 8.42 Å². The van der Waals surface area contributed by atoms with Crippen molar-refractivity contribution in [3.05, 3.63) is 65.2 Å². The molecule has 0 aromatic heterocycles. The summed E-state index contributed by atoms with van der Waals surface area (Å²) in [5, 5.41) is -0.542. The number of hydrogen-bond donors (Lipinski definition) is 0. The highest BCUT2D eigenvalue weighted by molar-refractivity contribution is 7.93. The number of sulfonamides is 1. The van der Waals surface area contributed by atoms with Crippen LogP contribution in [0, 0.1) is 6.92 Å². The molecule has 0 aliphatic carbocycles. The SMILES string of the molecule is Cc1ccc(C(C)S(=O)(=O)N2CCCc3ccccc32)cc1. The zero-order valence-electron chi connectivity index (χ0n) is 13.0. The molecule has 0 spiro atoms. The number of para-hydroxylation sites is 1. The number of hydrogen-bond acceptors (Lipinski definition) is 2. The van der Waals surface area contributed by atoms with E-state index in [4.69, 9.17) is 0 Å². The molecule has 0 saturated carbocycles. The average Bonchev–Trinajstić information content (AvgIpc) is 2.54.